The molecule has 28 heavy (non-hydrogen) atoms. The summed E-state index contributed by atoms with van der Waals surface area (Å²) < 4.78 is 0. The molecule has 140 valence electrons. The van der Waals surface area contributed by atoms with Crippen LogP contribution in [0.1, 0.15) is 21.5 Å². The van der Waals surface area contributed by atoms with Crippen molar-refractivity contribution in [2.24, 2.45) is 0 Å². The number of rotatable bonds is 5. The number of hydrogen-bond donors (Lipinski definition) is 1. The van der Waals surface area contributed by atoms with Gasteiger partial charge in [-0.2, -0.15) is 0 Å². The lowest BCUT2D eigenvalue weighted by atomic mass is 10.1. The van der Waals surface area contributed by atoms with Crippen LogP contribution in [0.3, 0.4) is 0 Å². The van der Waals surface area contributed by atoms with Crippen molar-refractivity contribution in [3.05, 3.63) is 83.8 Å². The molecule has 3 aromatic rings. The Balaban J connectivity index is 1.42. The monoisotopic (exact) mass is 390 g/mol. The fraction of sp³-hybridized carbons (Fsp3) is 0.143. The van der Waals surface area contributed by atoms with E-state index in [2.05, 4.69) is 15.3 Å². The van der Waals surface area contributed by atoms with Crippen molar-refractivity contribution in [1.29, 1.82) is 0 Å². The second-order valence-electron chi connectivity index (χ2n) is 6.34. The summed E-state index contributed by atoms with van der Waals surface area (Å²) >= 11 is 1.46. The maximum atomic E-state index is 12.4. The van der Waals surface area contributed by atoms with Crippen molar-refractivity contribution in [2.75, 3.05) is 10.7 Å². The quantitative estimate of drug-likeness (QED) is 0.725. The molecule has 6 nitrogen and oxygen atoms in total. The van der Waals surface area contributed by atoms with Gasteiger partial charge in [0.15, 0.2) is 0 Å². The van der Waals surface area contributed by atoms with E-state index in [1.54, 1.807) is 35.6 Å². The molecular weight excluding hydrogens is 372 g/mol. The van der Waals surface area contributed by atoms with E-state index in [1.807, 2.05) is 36.4 Å². The highest BCUT2D eigenvalue weighted by molar-refractivity contribution is 8.00. The summed E-state index contributed by atoms with van der Waals surface area (Å²) in [6.45, 7) is 0.883. The van der Waals surface area contributed by atoms with E-state index < -0.39 is 0 Å². The standard InChI is InChI=1S/C21H18N4O2S/c26-19-14-28-21-18(4-2-10-23-21)25(19)13-15-5-7-17(8-6-15)20(27)24-12-16-3-1-9-22-11-16/h1-11H,12-14H2,(H,24,27). The average Bonchev–Trinajstić information content (AvgIpc) is 2.75. The van der Waals surface area contributed by atoms with Gasteiger partial charge in [-0.05, 0) is 41.5 Å². The van der Waals surface area contributed by atoms with Gasteiger partial charge in [0.25, 0.3) is 5.91 Å². The van der Waals surface area contributed by atoms with Crippen LogP contribution in [-0.2, 0) is 17.9 Å². The number of carbonyl (C=O) groups is 2. The fourth-order valence-corrected chi connectivity index (χ4v) is 3.82. The summed E-state index contributed by atoms with van der Waals surface area (Å²) in [6, 6.07) is 14.8. The van der Waals surface area contributed by atoms with E-state index in [-0.39, 0.29) is 11.8 Å². The van der Waals surface area contributed by atoms with Gasteiger partial charge in [0, 0.05) is 30.7 Å². The lowest BCUT2D eigenvalue weighted by Gasteiger charge is -2.28. The Bertz CT molecular complexity index is 993. The molecule has 1 N–H and O–H groups in total. The zero-order chi connectivity index (χ0) is 19.3. The minimum Gasteiger partial charge on any atom is -0.348 e. The van der Waals surface area contributed by atoms with E-state index in [4.69, 9.17) is 0 Å². The summed E-state index contributed by atoms with van der Waals surface area (Å²) in [5, 5.41) is 3.75. The number of fused-ring (bicyclic) bond motifs is 1. The van der Waals surface area contributed by atoms with Gasteiger partial charge < -0.3 is 10.2 Å². The number of nitrogens with zero attached hydrogens (tertiary/aromatic N) is 3. The summed E-state index contributed by atoms with van der Waals surface area (Å²) in [7, 11) is 0. The van der Waals surface area contributed by atoms with Crippen molar-refractivity contribution in [2.45, 2.75) is 18.1 Å². The third kappa shape index (κ3) is 4.04. The lowest BCUT2D eigenvalue weighted by molar-refractivity contribution is -0.116. The SMILES string of the molecule is O=C(NCc1cccnc1)c1ccc(CN2C(=O)CSc3ncccc32)cc1. The second-order valence-corrected chi connectivity index (χ2v) is 7.30. The molecule has 7 heteroatoms. The molecule has 1 aromatic carbocycles. The van der Waals surface area contributed by atoms with Gasteiger partial charge in [0.05, 0.1) is 18.0 Å². The number of benzene rings is 1. The van der Waals surface area contributed by atoms with Gasteiger partial charge in [-0.1, -0.05) is 30.0 Å². The fourth-order valence-electron chi connectivity index (χ4n) is 2.95. The van der Waals surface area contributed by atoms with Crippen LogP contribution in [0.4, 0.5) is 5.69 Å². The maximum absolute atomic E-state index is 12.4. The Hall–Kier alpha value is -3.19. The molecular formula is C21H18N4O2S. The van der Waals surface area contributed by atoms with Gasteiger partial charge in [-0.15, -0.1) is 0 Å². The van der Waals surface area contributed by atoms with E-state index in [9.17, 15) is 9.59 Å². The van der Waals surface area contributed by atoms with Crippen molar-refractivity contribution in [3.8, 4) is 0 Å². The van der Waals surface area contributed by atoms with Crippen LogP contribution in [0.25, 0.3) is 0 Å². The van der Waals surface area contributed by atoms with E-state index in [0.29, 0.717) is 24.4 Å². The van der Waals surface area contributed by atoms with E-state index in [0.717, 1.165) is 21.8 Å². The molecule has 0 aliphatic carbocycles. The Kier molecular flexibility index (Phi) is 5.34. The third-order valence-electron chi connectivity index (χ3n) is 4.41. The van der Waals surface area contributed by atoms with Crippen molar-refractivity contribution in [1.82, 2.24) is 15.3 Å². The molecule has 0 saturated heterocycles. The molecule has 0 saturated carbocycles. The number of thioether (sulfide) groups is 1. The van der Waals surface area contributed by atoms with Crippen molar-refractivity contribution < 1.29 is 9.59 Å². The van der Waals surface area contributed by atoms with Gasteiger partial charge in [0.1, 0.15) is 5.03 Å². The molecule has 0 spiro atoms. The molecule has 0 atom stereocenters. The van der Waals surface area contributed by atoms with Gasteiger partial charge >= 0.3 is 0 Å². The zero-order valence-corrected chi connectivity index (χ0v) is 15.9. The first-order valence-corrected chi connectivity index (χ1v) is 9.83. The highest BCUT2D eigenvalue weighted by Crippen LogP contribution is 2.33. The normalized spacial score (nSPS) is 13.1. The molecule has 4 rings (SSSR count). The lowest BCUT2D eigenvalue weighted by Crippen LogP contribution is -2.35. The average molecular weight is 390 g/mol. The van der Waals surface area contributed by atoms with Crippen LogP contribution in [0.2, 0.25) is 0 Å². The maximum Gasteiger partial charge on any atom is 0.251 e. The first-order valence-electron chi connectivity index (χ1n) is 8.85. The predicted molar refractivity (Wildman–Crippen MR) is 108 cm³/mol. The highest BCUT2D eigenvalue weighted by Gasteiger charge is 2.25. The summed E-state index contributed by atoms with van der Waals surface area (Å²) in [6.07, 6.45) is 5.16. The van der Waals surface area contributed by atoms with Crippen molar-refractivity contribution in [3.63, 3.8) is 0 Å². The van der Waals surface area contributed by atoms with Gasteiger partial charge in [-0.3, -0.25) is 14.6 Å². The molecule has 0 radical (unpaired) electrons. The molecule has 0 unspecified atom stereocenters. The summed E-state index contributed by atoms with van der Waals surface area (Å²) in [4.78, 5) is 34.8. The highest BCUT2D eigenvalue weighted by atomic mass is 32.2. The summed E-state index contributed by atoms with van der Waals surface area (Å²) in [5.41, 5.74) is 3.32. The second kappa shape index (κ2) is 8.22. The molecule has 2 aromatic heterocycles. The number of nitrogens with one attached hydrogen (secondary N) is 1. The molecule has 0 bridgehead atoms. The molecule has 1 aliphatic rings. The Morgan fingerprint density at radius 3 is 2.68 bits per heavy atom. The van der Waals surface area contributed by atoms with E-state index in [1.165, 1.54) is 11.8 Å². The van der Waals surface area contributed by atoms with Crippen molar-refractivity contribution >= 4 is 29.3 Å². The number of anilines is 1. The number of carbonyl (C=O) groups excluding carboxylic acids is 2. The summed E-state index contributed by atoms with van der Waals surface area (Å²) in [5.74, 6) is 0.304. The number of pyridine rings is 2. The predicted octanol–water partition coefficient (Wildman–Crippen LogP) is 3.05. The van der Waals surface area contributed by atoms with Crippen LogP contribution < -0.4 is 10.2 Å². The van der Waals surface area contributed by atoms with Crippen LogP contribution in [-0.4, -0.2) is 27.5 Å². The van der Waals surface area contributed by atoms with Crippen LogP contribution >= 0.6 is 11.8 Å². The topological polar surface area (TPSA) is 75.2 Å². The zero-order valence-electron chi connectivity index (χ0n) is 15.0. The third-order valence-corrected chi connectivity index (χ3v) is 5.39. The first kappa shape index (κ1) is 18.2. The molecule has 3 heterocycles. The molecule has 2 amide bonds. The minimum absolute atomic E-state index is 0.0591. The number of amides is 2. The Morgan fingerprint density at radius 1 is 1.07 bits per heavy atom. The van der Waals surface area contributed by atoms with Gasteiger partial charge in [-0.25, -0.2) is 4.98 Å². The van der Waals surface area contributed by atoms with Gasteiger partial charge in [0.2, 0.25) is 5.91 Å². The largest absolute Gasteiger partial charge is 0.348 e. The van der Waals surface area contributed by atoms with E-state index >= 15 is 0 Å². The van der Waals surface area contributed by atoms with Crippen LogP contribution in [0.15, 0.2) is 72.1 Å². The number of aromatic nitrogens is 2. The smallest absolute Gasteiger partial charge is 0.251 e. The number of hydrogen-bond acceptors (Lipinski definition) is 5. The Labute approximate surface area is 167 Å². The Morgan fingerprint density at radius 2 is 1.89 bits per heavy atom. The molecule has 0 fully saturated rings. The van der Waals surface area contributed by atoms with Crippen LogP contribution in [0.5, 0.6) is 0 Å². The first-order chi connectivity index (χ1) is 13.7. The minimum atomic E-state index is -0.143. The van der Waals surface area contributed by atoms with Crippen LogP contribution in [0, 0.1) is 0 Å². The molecule has 1 aliphatic heterocycles.